The Kier molecular flexibility index (Phi) is 3.47. The van der Waals surface area contributed by atoms with Crippen molar-refractivity contribution in [1.29, 1.82) is 0 Å². The van der Waals surface area contributed by atoms with Gasteiger partial charge in [-0.1, -0.05) is 18.2 Å². The van der Waals surface area contributed by atoms with E-state index in [1.807, 2.05) is 24.3 Å². The van der Waals surface area contributed by atoms with Gasteiger partial charge in [-0.05, 0) is 19.9 Å². The van der Waals surface area contributed by atoms with Crippen molar-refractivity contribution in [2.24, 2.45) is 0 Å². The predicted molar refractivity (Wildman–Crippen MR) is 82.7 cm³/mol. The minimum absolute atomic E-state index is 0.0787. The van der Waals surface area contributed by atoms with Crippen LogP contribution in [0.3, 0.4) is 0 Å². The third-order valence-electron chi connectivity index (χ3n) is 3.80. The third kappa shape index (κ3) is 2.54. The van der Waals surface area contributed by atoms with Gasteiger partial charge in [0, 0.05) is 30.6 Å². The molecule has 0 radical (unpaired) electrons. The van der Waals surface area contributed by atoms with E-state index in [1.165, 1.54) is 6.20 Å². The van der Waals surface area contributed by atoms with Crippen LogP contribution in [0.15, 0.2) is 30.5 Å². The molecule has 0 bridgehead atoms. The van der Waals surface area contributed by atoms with Gasteiger partial charge in [0.25, 0.3) is 0 Å². The quantitative estimate of drug-likeness (QED) is 0.677. The summed E-state index contributed by atoms with van der Waals surface area (Å²) < 4.78 is 0. The fraction of sp³-hybridized carbons (Fsp3) is 0.400. The van der Waals surface area contributed by atoms with E-state index in [9.17, 15) is 10.1 Å². The van der Waals surface area contributed by atoms with Gasteiger partial charge in [-0.2, -0.15) is 0 Å². The number of nitrogens with one attached hydrogen (secondary N) is 1. The Morgan fingerprint density at radius 3 is 2.62 bits per heavy atom. The lowest BCUT2D eigenvalue weighted by Crippen LogP contribution is -2.54. The van der Waals surface area contributed by atoms with E-state index in [2.05, 4.69) is 29.0 Å². The molecule has 6 nitrogen and oxygen atoms in total. The maximum absolute atomic E-state index is 11.4. The van der Waals surface area contributed by atoms with E-state index in [-0.39, 0.29) is 10.6 Å². The molecule has 110 valence electrons. The van der Waals surface area contributed by atoms with Gasteiger partial charge >= 0.3 is 5.69 Å². The second kappa shape index (κ2) is 5.29. The molecule has 0 saturated carbocycles. The number of benzene rings is 1. The number of fused-ring (bicyclic) bond motifs is 1. The van der Waals surface area contributed by atoms with Gasteiger partial charge < -0.3 is 10.2 Å². The van der Waals surface area contributed by atoms with Gasteiger partial charge in [-0.3, -0.25) is 10.1 Å². The number of hydrogen-bond donors (Lipinski definition) is 1. The first kappa shape index (κ1) is 13.8. The molecule has 21 heavy (non-hydrogen) atoms. The van der Waals surface area contributed by atoms with Crippen molar-refractivity contribution in [3.8, 4) is 0 Å². The van der Waals surface area contributed by atoms with Crippen LogP contribution in [0.4, 0.5) is 11.4 Å². The Morgan fingerprint density at radius 1 is 1.29 bits per heavy atom. The highest BCUT2D eigenvalue weighted by Gasteiger charge is 2.28. The first-order chi connectivity index (χ1) is 10.1. The van der Waals surface area contributed by atoms with Crippen molar-refractivity contribution in [3.05, 3.63) is 40.6 Å². The molecule has 1 aromatic heterocycles. The number of para-hydroxylation sites is 1. The summed E-state index contributed by atoms with van der Waals surface area (Å²) >= 11 is 0. The van der Waals surface area contributed by atoms with E-state index in [4.69, 9.17) is 0 Å². The predicted octanol–water partition coefficient (Wildman–Crippen LogP) is 2.33. The summed E-state index contributed by atoms with van der Waals surface area (Å²) in [7, 11) is 0. The number of anilines is 1. The molecular weight excluding hydrogens is 268 g/mol. The molecule has 2 unspecified atom stereocenters. The van der Waals surface area contributed by atoms with Crippen molar-refractivity contribution in [1.82, 2.24) is 10.3 Å². The Hall–Kier alpha value is -2.21. The van der Waals surface area contributed by atoms with Crippen LogP contribution in [0, 0.1) is 10.1 Å². The Bertz CT molecular complexity index is 678. The smallest absolute Gasteiger partial charge is 0.311 e. The number of rotatable bonds is 2. The van der Waals surface area contributed by atoms with Crippen LogP contribution in [0.2, 0.25) is 0 Å². The highest BCUT2D eigenvalue weighted by atomic mass is 16.6. The van der Waals surface area contributed by atoms with Crippen LogP contribution in [0.1, 0.15) is 13.8 Å². The topological polar surface area (TPSA) is 71.3 Å². The molecule has 2 atom stereocenters. The van der Waals surface area contributed by atoms with Crippen molar-refractivity contribution < 1.29 is 4.92 Å². The highest BCUT2D eigenvalue weighted by Crippen LogP contribution is 2.35. The van der Waals surface area contributed by atoms with Crippen molar-refractivity contribution >= 4 is 22.3 Å². The molecule has 6 heteroatoms. The molecule has 0 spiro atoms. The SMILES string of the molecule is CC1CN(c2c([N+](=O)[O-])cnc3ccccc23)CC(C)N1. The summed E-state index contributed by atoms with van der Waals surface area (Å²) in [5.74, 6) is 0. The maximum atomic E-state index is 11.4. The second-order valence-electron chi connectivity index (χ2n) is 5.64. The molecule has 0 amide bonds. The number of hydrogen-bond acceptors (Lipinski definition) is 5. The Morgan fingerprint density at radius 2 is 1.95 bits per heavy atom. The number of aromatic nitrogens is 1. The van der Waals surface area contributed by atoms with Gasteiger partial charge in [-0.15, -0.1) is 0 Å². The standard InChI is InChI=1S/C15H18N4O2/c1-10-8-18(9-11(2)17-10)15-12-5-3-4-6-13(12)16-7-14(15)19(20)21/h3-7,10-11,17H,8-9H2,1-2H3. The molecule has 1 aliphatic rings. The van der Waals surface area contributed by atoms with E-state index in [0.29, 0.717) is 17.8 Å². The number of nitrogens with zero attached hydrogens (tertiary/aromatic N) is 3. The highest BCUT2D eigenvalue weighted by molar-refractivity contribution is 5.96. The lowest BCUT2D eigenvalue weighted by molar-refractivity contribution is -0.384. The largest absolute Gasteiger partial charge is 0.362 e. The average Bonchev–Trinajstić information content (AvgIpc) is 2.44. The van der Waals surface area contributed by atoms with Crippen LogP contribution < -0.4 is 10.2 Å². The minimum atomic E-state index is -0.341. The van der Waals surface area contributed by atoms with Crippen molar-refractivity contribution in [2.75, 3.05) is 18.0 Å². The molecule has 2 aromatic rings. The van der Waals surface area contributed by atoms with Crippen LogP contribution in [0.5, 0.6) is 0 Å². The van der Waals surface area contributed by atoms with Crippen molar-refractivity contribution in [2.45, 2.75) is 25.9 Å². The van der Waals surface area contributed by atoms with E-state index in [1.54, 1.807) is 0 Å². The zero-order chi connectivity index (χ0) is 15.0. The summed E-state index contributed by atoms with van der Waals surface area (Å²) in [6, 6.07) is 8.17. The van der Waals surface area contributed by atoms with Crippen LogP contribution in [-0.2, 0) is 0 Å². The zero-order valence-electron chi connectivity index (χ0n) is 12.1. The van der Waals surface area contributed by atoms with Gasteiger partial charge in [0.2, 0.25) is 0 Å². The number of piperazine rings is 1. The van der Waals surface area contributed by atoms with E-state index in [0.717, 1.165) is 24.0 Å². The maximum Gasteiger partial charge on any atom is 0.311 e. The molecule has 1 fully saturated rings. The first-order valence-corrected chi connectivity index (χ1v) is 7.09. The van der Waals surface area contributed by atoms with Gasteiger partial charge in [0.05, 0.1) is 10.4 Å². The van der Waals surface area contributed by atoms with Crippen LogP contribution in [0.25, 0.3) is 10.9 Å². The molecule has 1 N–H and O–H groups in total. The Labute approximate surface area is 122 Å². The van der Waals surface area contributed by atoms with Gasteiger partial charge in [0.15, 0.2) is 0 Å². The molecule has 1 saturated heterocycles. The lowest BCUT2D eigenvalue weighted by Gasteiger charge is -2.37. The fourth-order valence-corrected chi connectivity index (χ4v) is 3.09. The molecule has 1 aromatic carbocycles. The monoisotopic (exact) mass is 286 g/mol. The Balaban J connectivity index is 2.18. The minimum Gasteiger partial charge on any atom is -0.362 e. The molecule has 0 aliphatic carbocycles. The summed E-state index contributed by atoms with van der Waals surface area (Å²) in [5.41, 5.74) is 1.55. The average molecular weight is 286 g/mol. The van der Waals surface area contributed by atoms with E-state index >= 15 is 0 Å². The molecule has 1 aliphatic heterocycles. The summed E-state index contributed by atoms with van der Waals surface area (Å²) in [5, 5.41) is 15.7. The fourth-order valence-electron chi connectivity index (χ4n) is 3.09. The van der Waals surface area contributed by atoms with E-state index < -0.39 is 0 Å². The zero-order valence-corrected chi connectivity index (χ0v) is 12.1. The number of nitro groups is 1. The normalized spacial score (nSPS) is 22.5. The third-order valence-corrected chi connectivity index (χ3v) is 3.80. The van der Waals surface area contributed by atoms with Crippen LogP contribution in [-0.4, -0.2) is 35.1 Å². The lowest BCUT2D eigenvalue weighted by atomic mass is 10.1. The molecule has 3 rings (SSSR count). The van der Waals surface area contributed by atoms with Crippen molar-refractivity contribution in [3.63, 3.8) is 0 Å². The van der Waals surface area contributed by atoms with Gasteiger partial charge in [0.1, 0.15) is 11.9 Å². The molecule has 2 heterocycles. The summed E-state index contributed by atoms with van der Waals surface area (Å²) in [6.45, 7) is 5.69. The summed E-state index contributed by atoms with van der Waals surface area (Å²) in [4.78, 5) is 17.4. The summed E-state index contributed by atoms with van der Waals surface area (Å²) in [6.07, 6.45) is 1.37. The first-order valence-electron chi connectivity index (χ1n) is 7.09. The molecular formula is C15H18N4O2. The number of pyridine rings is 1. The van der Waals surface area contributed by atoms with Gasteiger partial charge in [-0.25, -0.2) is 4.98 Å². The second-order valence-corrected chi connectivity index (χ2v) is 5.64. The van der Waals surface area contributed by atoms with Crippen LogP contribution >= 0.6 is 0 Å².